The molecule has 74 valence electrons. The Morgan fingerprint density at radius 3 is 2.79 bits per heavy atom. The summed E-state index contributed by atoms with van der Waals surface area (Å²) in [6.07, 6.45) is -0.385. The maximum absolute atomic E-state index is 9.25. The minimum atomic E-state index is -0.385. The summed E-state index contributed by atoms with van der Waals surface area (Å²) in [6, 6.07) is 8.06. The van der Waals surface area contributed by atoms with Crippen LogP contribution in [0.15, 0.2) is 24.3 Å². The molecular weight excluding hydrogens is 205 g/mol. The normalized spacial score (nSPS) is 11.6. The Labute approximate surface area is 113 Å². The van der Waals surface area contributed by atoms with Crippen LogP contribution >= 0.6 is 12.6 Å². The molecule has 1 aromatic rings. The molecule has 2 nitrogen and oxygen atoms in total. The van der Waals surface area contributed by atoms with Crippen LogP contribution in [0.1, 0.15) is 5.56 Å². The molecule has 0 heterocycles. The van der Waals surface area contributed by atoms with Gasteiger partial charge in [0.1, 0.15) is 0 Å². The molecule has 1 atom stereocenters. The molecule has 0 spiro atoms. The van der Waals surface area contributed by atoms with Gasteiger partial charge in [0.2, 0.25) is 0 Å². The van der Waals surface area contributed by atoms with Crippen molar-refractivity contribution in [3.05, 3.63) is 29.8 Å². The molecule has 0 fully saturated rings. The van der Waals surface area contributed by atoms with E-state index in [2.05, 4.69) is 17.9 Å². The van der Waals surface area contributed by atoms with E-state index in [0.717, 1.165) is 5.69 Å². The number of hydrogen-bond acceptors (Lipinski definition) is 3. The summed E-state index contributed by atoms with van der Waals surface area (Å²) in [5.74, 6) is 0.485. The van der Waals surface area contributed by atoms with E-state index in [-0.39, 0.29) is 35.7 Å². The summed E-state index contributed by atoms with van der Waals surface area (Å²) in [5.41, 5.74) is 2.26. The number of rotatable bonds is 4. The number of benzene rings is 1. The van der Waals surface area contributed by atoms with Gasteiger partial charge in [-0.15, -0.1) is 0 Å². The van der Waals surface area contributed by atoms with Gasteiger partial charge < -0.3 is 10.4 Å². The molecule has 2 N–H and O–H groups in total. The summed E-state index contributed by atoms with van der Waals surface area (Å²) in [5, 5.41) is 12.4. The quantitative estimate of drug-likeness (QED) is 0.524. The number of aryl methyl sites for hydroxylation is 1. The summed E-state index contributed by atoms with van der Waals surface area (Å²) in [4.78, 5) is 0. The molecule has 0 saturated heterocycles. The third-order valence-electron chi connectivity index (χ3n) is 1.77. The third kappa shape index (κ3) is 5.27. The zero-order valence-corrected chi connectivity index (χ0v) is 8.59. The first kappa shape index (κ1) is 14.3. The Balaban J connectivity index is 0.00000169. The van der Waals surface area contributed by atoms with Crippen molar-refractivity contribution >= 4 is 47.9 Å². The molecule has 0 saturated carbocycles. The molecule has 0 aromatic heterocycles. The van der Waals surface area contributed by atoms with Crippen LogP contribution in [-0.2, 0) is 0 Å². The van der Waals surface area contributed by atoms with Crippen molar-refractivity contribution in [3.8, 4) is 0 Å². The number of aliphatic hydroxyl groups is 1. The van der Waals surface area contributed by atoms with E-state index in [9.17, 15) is 5.11 Å². The molecule has 0 bridgehead atoms. The van der Waals surface area contributed by atoms with E-state index in [4.69, 9.17) is 0 Å². The molecule has 0 radical (unpaired) electrons. The van der Waals surface area contributed by atoms with Gasteiger partial charge in [-0.1, -0.05) is 12.1 Å². The second kappa shape index (κ2) is 7.60. The van der Waals surface area contributed by atoms with Crippen molar-refractivity contribution in [3.63, 3.8) is 0 Å². The van der Waals surface area contributed by atoms with E-state index >= 15 is 0 Å². The Bertz CT molecular complexity index is 270. The summed E-state index contributed by atoms with van der Waals surface area (Å²) < 4.78 is 0. The molecule has 1 unspecified atom stereocenters. The first-order valence-corrected chi connectivity index (χ1v) is 4.95. The number of nitrogens with one attached hydrogen (secondary N) is 1. The number of hydrogen-bond donors (Lipinski definition) is 3. The molecule has 14 heavy (non-hydrogen) atoms. The fourth-order valence-electron chi connectivity index (χ4n) is 1.06. The number of aliphatic hydroxyl groups excluding tert-OH is 1. The van der Waals surface area contributed by atoms with E-state index < -0.39 is 0 Å². The van der Waals surface area contributed by atoms with Gasteiger partial charge in [-0.3, -0.25) is 0 Å². The second-order valence-corrected chi connectivity index (χ2v) is 3.45. The molecule has 1 rings (SSSR count). The van der Waals surface area contributed by atoms with Crippen LogP contribution in [0.3, 0.4) is 0 Å². The molecule has 1 aromatic carbocycles. The monoisotopic (exact) mass is 221 g/mol. The van der Waals surface area contributed by atoms with Crippen LogP contribution in [0.5, 0.6) is 0 Å². The van der Waals surface area contributed by atoms with Crippen LogP contribution in [0.25, 0.3) is 0 Å². The van der Waals surface area contributed by atoms with Gasteiger partial charge in [0, 0.05) is 18.0 Å². The van der Waals surface area contributed by atoms with Crippen LogP contribution in [-0.4, -0.2) is 53.1 Å². The van der Waals surface area contributed by atoms with Gasteiger partial charge in [-0.2, -0.15) is 12.6 Å². The van der Waals surface area contributed by atoms with Crippen LogP contribution in [0.2, 0.25) is 0 Å². The number of thiol groups is 1. The molecule has 0 amide bonds. The van der Waals surface area contributed by atoms with Gasteiger partial charge >= 0.3 is 29.6 Å². The zero-order valence-electron chi connectivity index (χ0n) is 7.70. The van der Waals surface area contributed by atoms with Gasteiger partial charge in [0.25, 0.3) is 0 Å². The van der Waals surface area contributed by atoms with Gasteiger partial charge in [-0.05, 0) is 24.6 Å². The summed E-state index contributed by atoms with van der Waals surface area (Å²) in [7, 11) is 0. The van der Waals surface area contributed by atoms with Gasteiger partial charge in [0.15, 0.2) is 0 Å². The Morgan fingerprint density at radius 2 is 2.21 bits per heavy atom. The summed E-state index contributed by atoms with van der Waals surface area (Å²) in [6.45, 7) is 2.59. The first-order valence-electron chi connectivity index (χ1n) is 4.32. The zero-order chi connectivity index (χ0) is 9.68. The van der Waals surface area contributed by atoms with Crippen LogP contribution in [0.4, 0.5) is 5.69 Å². The van der Waals surface area contributed by atoms with Crippen molar-refractivity contribution in [2.45, 2.75) is 13.0 Å². The van der Waals surface area contributed by atoms with E-state index in [1.807, 2.05) is 31.2 Å². The van der Waals surface area contributed by atoms with E-state index in [1.54, 1.807) is 0 Å². The SMILES string of the molecule is Cc1cccc(NCC(O)CS)c1.[NaH]. The molecule has 0 aliphatic rings. The van der Waals surface area contributed by atoms with Crippen molar-refractivity contribution in [1.82, 2.24) is 0 Å². The Hall–Kier alpha value is 0.330. The van der Waals surface area contributed by atoms with Crippen molar-refractivity contribution in [2.75, 3.05) is 17.6 Å². The van der Waals surface area contributed by atoms with Crippen molar-refractivity contribution < 1.29 is 5.11 Å². The molecule has 4 heteroatoms. The maximum atomic E-state index is 9.25. The molecule has 0 aliphatic heterocycles. The van der Waals surface area contributed by atoms with Crippen LogP contribution < -0.4 is 5.32 Å². The van der Waals surface area contributed by atoms with Gasteiger partial charge in [-0.25, -0.2) is 0 Å². The predicted molar refractivity (Wildman–Crippen MR) is 66.7 cm³/mol. The van der Waals surface area contributed by atoms with E-state index in [0.29, 0.717) is 12.3 Å². The van der Waals surface area contributed by atoms with Crippen molar-refractivity contribution in [1.29, 1.82) is 0 Å². The average molecular weight is 221 g/mol. The Kier molecular flexibility index (Phi) is 7.78. The topological polar surface area (TPSA) is 32.3 Å². The molecular formula is C10H16NNaOS. The minimum absolute atomic E-state index is 0. The third-order valence-corrected chi connectivity index (χ3v) is 2.19. The fourth-order valence-corrected chi connectivity index (χ4v) is 1.18. The molecule has 0 aliphatic carbocycles. The second-order valence-electron chi connectivity index (χ2n) is 3.09. The predicted octanol–water partition coefficient (Wildman–Crippen LogP) is 1.05. The first-order chi connectivity index (χ1) is 6.22. The number of anilines is 1. The van der Waals surface area contributed by atoms with Crippen molar-refractivity contribution in [2.24, 2.45) is 0 Å². The standard InChI is InChI=1S/C10H15NOS.Na.H/c1-8-3-2-4-9(5-8)11-6-10(12)7-13;;/h2-5,10-13H,6-7H2,1H3;;. The summed E-state index contributed by atoms with van der Waals surface area (Å²) >= 11 is 3.99. The Morgan fingerprint density at radius 1 is 1.50 bits per heavy atom. The fraction of sp³-hybridized carbons (Fsp3) is 0.400. The van der Waals surface area contributed by atoms with Gasteiger partial charge in [0.05, 0.1) is 6.10 Å². The average Bonchev–Trinajstić information content (AvgIpc) is 2.14. The van der Waals surface area contributed by atoms with E-state index in [1.165, 1.54) is 5.56 Å². The van der Waals surface area contributed by atoms with Crippen LogP contribution in [0, 0.1) is 6.92 Å².